The van der Waals surface area contributed by atoms with Gasteiger partial charge in [-0.15, -0.1) is 0 Å². The fourth-order valence-corrected chi connectivity index (χ4v) is 1.84. The highest BCUT2D eigenvalue weighted by atomic mass is 32.2. The molecule has 14 heavy (non-hydrogen) atoms. The molecule has 0 spiro atoms. The molecule has 80 valence electrons. The first-order valence-electron chi connectivity index (χ1n) is 4.53. The molecule has 1 heterocycles. The summed E-state index contributed by atoms with van der Waals surface area (Å²) in [6, 6.07) is -0.439. The van der Waals surface area contributed by atoms with Gasteiger partial charge in [0.05, 0.1) is 6.04 Å². The molecular formula is C8H14N2O3S. The summed E-state index contributed by atoms with van der Waals surface area (Å²) in [5, 5.41) is 14.0. The van der Waals surface area contributed by atoms with Gasteiger partial charge in [0.1, 0.15) is 0 Å². The molecule has 0 aliphatic carbocycles. The number of aliphatic hydroxyl groups is 1. The molecule has 5 nitrogen and oxygen atoms in total. The minimum Gasteiger partial charge on any atom is -0.361 e. The molecule has 1 amide bonds. The van der Waals surface area contributed by atoms with E-state index < -0.39 is 12.4 Å². The van der Waals surface area contributed by atoms with Crippen molar-refractivity contribution in [1.82, 2.24) is 10.6 Å². The van der Waals surface area contributed by atoms with Crippen LogP contribution in [0.25, 0.3) is 0 Å². The van der Waals surface area contributed by atoms with Gasteiger partial charge < -0.3 is 10.4 Å². The molecule has 1 saturated heterocycles. The first-order chi connectivity index (χ1) is 6.63. The zero-order valence-electron chi connectivity index (χ0n) is 7.95. The Morgan fingerprint density at radius 3 is 2.86 bits per heavy atom. The van der Waals surface area contributed by atoms with Gasteiger partial charge in [0.25, 0.3) is 0 Å². The Bertz CT molecular complexity index is 235. The molecule has 0 aromatic heterocycles. The van der Waals surface area contributed by atoms with E-state index >= 15 is 0 Å². The molecule has 6 heteroatoms. The molecule has 0 bridgehead atoms. The first-order valence-corrected chi connectivity index (χ1v) is 5.52. The maximum atomic E-state index is 11.1. The average molecular weight is 218 g/mol. The largest absolute Gasteiger partial charge is 0.361 e. The van der Waals surface area contributed by atoms with Gasteiger partial charge in [-0.1, -0.05) is 18.7 Å². The van der Waals surface area contributed by atoms with E-state index in [1.165, 1.54) is 11.8 Å². The number of nitrogens with one attached hydrogen (secondary N) is 2. The summed E-state index contributed by atoms with van der Waals surface area (Å²) in [5.41, 5.74) is 0. The fourth-order valence-electron chi connectivity index (χ4n) is 1.25. The quantitative estimate of drug-likeness (QED) is 0.588. The van der Waals surface area contributed by atoms with Gasteiger partial charge in [-0.05, 0) is 12.2 Å². The summed E-state index contributed by atoms with van der Waals surface area (Å²) < 4.78 is 0. The van der Waals surface area contributed by atoms with Crippen molar-refractivity contribution < 1.29 is 14.7 Å². The van der Waals surface area contributed by atoms with Crippen molar-refractivity contribution in [1.29, 1.82) is 0 Å². The van der Waals surface area contributed by atoms with Crippen molar-refractivity contribution in [3.05, 3.63) is 0 Å². The summed E-state index contributed by atoms with van der Waals surface area (Å²) in [6.45, 7) is 1.91. The molecule has 0 radical (unpaired) electrons. The Labute approximate surface area is 86.6 Å². The van der Waals surface area contributed by atoms with E-state index in [1.807, 2.05) is 6.92 Å². The van der Waals surface area contributed by atoms with Crippen LogP contribution in [0.15, 0.2) is 0 Å². The van der Waals surface area contributed by atoms with Crippen LogP contribution >= 0.6 is 11.8 Å². The number of carbonyl (C=O) groups excluding carboxylic acids is 2. The third kappa shape index (κ3) is 3.28. The Balaban J connectivity index is 2.25. The minimum atomic E-state index is -0.971. The van der Waals surface area contributed by atoms with Gasteiger partial charge >= 0.3 is 0 Å². The van der Waals surface area contributed by atoms with E-state index in [9.17, 15) is 9.59 Å². The first kappa shape index (κ1) is 11.5. The van der Waals surface area contributed by atoms with Gasteiger partial charge in [0, 0.05) is 6.42 Å². The molecule has 2 atom stereocenters. The Kier molecular flexibility index (Phi) is 4.37. The molecular weight excluding hydrogens is 204 g/mol. The highest BCUT2D eigenvalue weighted by Crippen LogP contribution is 2.10. The number of amides is 1. The summed E-state index contributed by atoms with van der Waals surface area (Å²) >= 11 is 1.26. The van der Waals surface area contributed by atoms with E-state index in [-0.39, 0.29) is 11.0 Å². The number of thioether (sulfide) groups is 1. The van der Waals surface area contributed by atoms with Crippen molar-refractivity contribution in [2.75, 3.05) is 5.75 Å². The van der Waals surface area contributed by atoms with Gasteiger partial charge in [0.2, 0.25) is 5.91 Å². The van der Waals surface area contributed by atoms with Crippen LogP contribution in [0.3, 0.4) is 0 Å². The van der Waals surface area contributed by atoms with Crippen LogP contribution in [0, 0.1) is 0 Å². The van der Waals surface area contributed by atoms with Gasteiger partial charge in [-0.2, -0.15) is 0 Å². The lowest BCUT2D eigenvalue weighted by Gasteiger charge is -2.06. The Morgan fingerprint density at radius 1 is 1.64 bits per heavy atom. The van der Waals surface area contributed by atoms with Crippen LogP contribution in [0.5, 0.6) is 0 Å². The maximum Gasteiger partial charge on any atom is 0.240 e. The van der Waals surface area contributed by atoms with Crippen molar-refractivity contribution in [3.8, 4) is 0 Å². The lowest BCUT2D eigenvalue weighted by molar-refractivity contribution is -0.121. The smallest absolute Gasteiger partial charge is 0.240 e. The van der Waals surface area contributed by atoms with Crippen LogP contribution in [-0.2, 0) is 9.59 Å². The van der Waals surface area contributed by atoms with E-state index in [0.29, 0.717) is 12.8 Å². The number of rotatable bonds is 4. The summed E-state index contributed by atoms with van der Waals surface area (Å²) in [6.07, 6.45) is -0.174. The van der Waals surface area contributed by atoms with Gasteiger partial charge in [0.15, 0.2) is 11.5 Å². The predicted octanol–water partition coefficient (Wildman–Crippen LogP) is -0.590. The zero-order chi connectivity index (χ0) is 10.6. The normalized spacial score (nSPS) is 26.3. The molecule has 1 fully saturated rings. The second-order valence-corrected chi connectivity index (χ2v) is 4.30. The lowest BCUT2D eigenvalue weighted by Crippen LogP contribution is -2.33. The molecule has 0 aromatic rings. The minimum absolute atomic E-state index is 0.0866. The van der Waals surface area contributed by atoms with Gasteiger partial charge in [-0.3, -0.25) is 14.9 Å². The Morgan fingerprint density at radius 2 is 2.36 bits per heavy atom. The van der Waals surface area contributed by atoms with Gasteiger partial charge in [-0.25, -0.2) is 0 Å². The lowest BCUT2D eigenvalue weighted by atomic mass is 10.2. The number of carbonyl (C=O) groups is 2. The maximum absolute atomic E-state index is 11.1. The second-order valence-electron chi connectivity index (χ2n) is 2.97. The summed E-state index contributed by atoms with van der Waals surface area (Å²) in [7, 11) is 0. The zero-order valence-corrected chi connectivity index (χ0v) is 8.76. The third-order valence-corrected chi connectivity index (χ3v) is 2.71. The van der Waals surface area contributed by atoms with Crippen LogP contribution in [0.2, 0.25) is 0 Å². The van der Waals surface area contributed by atoms with Crippen molar-refractivity contribution in [2.24, 2.45) is 0 Å². The second kappa shape index (κ2) is 5.33. The Hall–Kier alpha value is -0.590. The molecule has 0 saturated carbocycles. The molecule has 0 aromatic carbocycles. The number of aliphatic hydroxyl groups excluding tert-OH is 1. The molecule has 1 unspecified atom stereocenters. The monoisotopic (exact) mass is 218 g/mol. The van der Waals surface area contributed by atoms with Crippen molar-refractivity contribution >= 4 is 22.8 Å². The van der Waals surface area contributed by atoms with Crippen LogP contribution < -0.4 is 10.6 Å². The highest BCUT2D eigenvalue weighted by Gasteiger charge is 2.29. The van der Waals surface area contributed by atoms with Crippen molar-refractivity contribution in [2.45, 2.75) is 32.2 Å². The number of hydrogen-bond donors (Lipinski definition) is 3. The standard InChI is InChI=1S/C8H14N2O3S/c1-2-14-6(11)4-3-5-7(12)10-8(13)9-5/h5,8-9,13H,2-4H2,1H3,(H,10,12)/t5-,8?/m1/s1. The molecule has 1 aliphatic rings. The SMILES string of the molecule is CCSC(=O)CC[C@H]1NC(O)NC1=O. The summed E-state index contributed by atoms with van der Waals surface area (Å²) in [4.78, 5) is 22.2. The number of hydrogen-bond acceptors (Lipinski definition) is 5. The average Bonchev–Trinajstić information content (AvgIpc) is 2.42. The van der Waals surface area contributed by atoms with Crippen LogP contribution in [-0.4, -0.2) is 34.3 Å². The predicted molar refractivity (Wildman–Crippen MR) is 53.4 cm³/mol. The van der Waals surface area contributed by atoms with Crippen LogP contribution in [0.1, 0.15) is 19.8 Å². The third-order valence-electron chi connectivity index (χ3n) is 1.90. The van der Waals surface area contributed by atoms with E-state index in [2.05, 4.69) is 10.6 Å². The van der Waals surface area contributed by atoms with E-state index in [0.717, 1.165) is 5.75 Å². The molecule has 1 aliphatic heterocycles. The van der Waals surface area contributed by atoms with E-state index in [1.54, 1.807) is 0 Å². The highest BCUT2D eigenvalue weighted by molar-refractivity contribution is 8.13. The molecule has 3 N–H and O–H groups in total. The summed E-state index contributed by atoms with van der Waals surface area (Å²) in [5.74, 6) is 0.512. The van der Waals surface area contributed by atoms with Crippen molar-refractivity contribution in [3.63, 3.8) is 0 Å². The van der Waals surface area contributed by atoms with Crippen LogP contribution in [0.4, 0.5) is 0 Å². The van der Waals surface area contributed by atoms with E-state index in [4.69, 9.17) is 5.11 Å². The topological polar surface area (TPSA) is 78.4 Å². The fraction of sp³-hybridized carbons (Fsp3) is 0.750. The molecule has 1 rings (SSSR count).